The van der Waals surface area contributed by atoms with E-state index in [0.717, 1.165) is 31.9 Å². The lowest BCUT2D eigenvalue weighted by molar-refractivity contribution is -0.129. The first kappa shape index (κ1) is 41.5. The zero-order valence-electron chi connectivity index (χ0n) is 30.7. The van der Waals surface area contributed by atoms with Crippen LogP contribution in [0.4, 0.5) is 39.8 Å². The zero-order valence-corrected chi connectivity index (χ0v) is 32.4. The number of carbonyl (C=O) groups excluding carboxylic acids is 2. The van der Waals surface area contributed by atoms with Crippen molar-refractivity contribution in [2.24, 2.45) is 30.7 Å². The minimum absolute atomic E-state index is 0.118. The van der Waals surface area contributed by atoms with Crippen molar-refractivity contribution in [1.82, 2.24) is 0 Å². The summed E-state index contributed by atoms with van der Waals surface area (Å²) in [4.78, 5) is 20.9. The van der Waals surface area contributed by atoms with E-state index in [4.69, 9.17) is 19.4 Å². The van der Waals surface area contributed by atoms with Crippen molar-refractivity contribution < 1.29 is 54.1 Å². The molecule has 57 heavy (non-hydrogen) atoms. The van der Waals surface area contributed by atoms with Crippen molar-refractivity contribution >= 4 is 83.3 Å². The summed E-state index contributed by atoms with van der Waals surface area (Å²) < 4.78 is 77.1. The summed E-state index contributed by atoms with van der Waals surface area (Å²) in [5.74, 6) is -1.31. The van der Waals surface area contributed by atoms with Crippen LogP contribution in [0.3, 0.4) is 0 Å². The largest absolute Gasteiger partial charge is 0.505 e. The number of hydrogen-bond acceptors (Lipinski definition) is 19. The molecule has 0 heterocycles. The second-order valence-corrected chi connectivity index (χ2v) is 14.9. The smallest absolute Gasteiger partial charge is 0.337 e. The minimum atomic E-state index is -4.68. The molecule has 0 spiro atoms. The Morgan fingerprint density at radius 1 is 0.737 bits per heavy atom. The van der Waals surface area contributed by atoms with Gasteiger partial charge in [0.25, 0.3) is 26.7 Å². The van der Waals surface area contributed by atoms with Crippen LogP contribution < -0.4 is 10.5 Å². The van der Waals surface area contributed by atoms with Crippen molar-refractivity contribution in [2.75, 3.05) is 34.2 Å². The molecular weight excluding hydrogens is 787 g/mol. The van der Waals surface area contributed by atoms with E-state index in [2.05, 4.69) is 39.6 Å². The third-order valence-corrected chi connectivity index (χ3v) is 10.7. The van der Waals surface area contributed by atoms with Gasteiger partial charge in [-0.3, -0.25) is 13.2 Å². The molecule has 0 unspecified atom stereocenters. The summed E-state index contributed by atoms with van der Waals surface area (Å²) in [6.07, 6.45) is 0. The van der Waals surface area contributed by atoms with Crippen molar-refractivity contribution in [3.05, 3.63) is 89.5 Å². The maximum Gasteiger partial charge on any atom is 0.337 e. The molecule has 0 saturated carbocycles. The Morgan fingerprint density at radius 3 is 1.91 bits per heavy atom. The van der Waals surface area contributed by atoms with Gasteiger partial charge >= 0.3 is 5.97 Å². The fourth-order valence-corrected chi connectivity index (χ4v) is 6.86. The summed E-state index contributed by atoms with van der Waals surface area (Å²) in [7, 11) is -5.00. The first-order valence-corrected chi connectivity index (χ1v) is 19.0. The Kier molecular flexibility index (Phi) is 12.7. The number of phenolic OH excluding ortho intramolecular Hbond substituents is 1. The average Bonchev–Trinajstić information content (AvgIpc) is 3.21. The van der Waals surface area contributed by atoms with Gasteiger partial charge in [0.15, 0.2) is 5.75 Å². The average molecular weight is 820 g/mol. The number of ether oxygens (including phenoxy) is 3. The number of aryl methyl sites for hydroxylation is 1. The molecule has 0 aromatic heterocycles. The molecule has 0 fully saturated rings. The van der Waals surface area contributed by atoms with Gasteiger partial charge in [0.2, 0.25) is 0 Å². The van der Waals surface area contributed by atoms with E-state index in [9.17, 15) is 31.5 Å². The lowest BCUT2D eigenvalue weighted by atomic mass is 10.0. The lowest BCUT2D eigenvalue weighted by Crippen LogP contribution is -2.07. The Bertz CT molecular complexity index is 2670. The number of nitrogens with two attached hydrogens (primary N) is 1. The van der Waals surface area contributed by atoms with Crippen LogP contribution in [0.2, 0.25) is 0 Å². The molecule has 5 aromatic carbocycles. The number of aromatic hydroxyl groups is 1. The fraction of sp³-hybridized carbons (Fsp3) is 0.167. The summed E-state index contributed by atoms with van der Waals surface area (Å²) in [6.45, 7) is 2.21. The second kappa shape index (κ2) is 17.4. The molecule has 0 aliphatic rings. The number of carbonyl (C=O) groups is 2. The van der Waals surface area contributed by atoms with Crippen LogP contribution in [0.1, 0.15) is 21.5 Å². The predicted molar refractivity (Wildman–Crippen MR) is 204 cm³/mol. The molecule has 19 nitrogen and oxygen atoms in total. The van der Waals surface area contributed by atoms with Crippen molar-refractivity contribution in [2.45, 2.75) is 23.3 Å². The molecule has 3 N–H and O–H groups in total. The van der Waals surface area contributed by atoms with Crippen LogP contribution in [0, 0.1) is 6.92 Å². The Labute approximate surface area is 325 Å². The molecule has 296 valence electrons. The Balaban J connectivity index is 1.62. The van der Waals surface area contributed by atoms with Gasteiger partial charge in [0.05, 0.1) is 62.1 Å². The fourth-order valence-electron chi connectivity index (χ4n) is 5.18. The van der Waals surface area contributed by atoms with Gasteiger partial charge in [-0.2, -0.15) is 32.2 Å². The quantitative estimate of drug-likeness (QED) is 0.0336. The van der Waals surface area contributed by atoms with Gasteiger partial charge in [-0.05, 0) is 72.6 Å². The van der Waals surface area contributed by atoms with E-state index >= 15 is 0 Å². The normalized spacial score (nSPS) is 12.2. The predicted octanol–water partition coefficient (Wildman–Crippen LogP) is 7.82. The van der Waals surface area contributed by atoms with Crippen LogP contribution in [0.5, 0.6) is 11.5 Å². The highest BCUT2D eigenvalue weighted by molar-refractivity contribution is 7.87. The summed E-state index contributed by atoms with van der Waals surface area (Å²) >= 11 is 0. The molecule has 5 rings (SSSR count). The van der Waals surface area contributed by atoms with Crippen LogP contribution in [0.15, 0.2) is 113 Å². The topological polar surface area (TPSA) is 269 Å². The molecule has 0 atom stereocenters. The number of benzene rings is 5. The highest BCUT2D eigenvalue weighted by Gasteiger charge is 2.30. The van der Waals surface area contributed by atoms with Crippen LogP contribution in [-0.2, 0) is 49.5 Å². The molecule has 0 radical (unpaired) electrons. The van der Waals surface area contributed by atoms with E-state index in [1.54, 1.807) is 43.3 Å². The number of hydrogen-bond donors (Lipinski definition) is 2. The van der Waals surface area contributed by atoms with Crippen molar-refractivity contribution in [1.29, 1.82) is 0 Å². The molecule has 0 bridgehead atoms. The first-order valence-electron chi connectivity index (χ1n) is 16.2. The molecule has 0 aliphatic carbocycles. The SMILES string of the molecule is COC(=O)c1ccc(N=Nc2c(S(=O)(=O)OC)cc3c(S(=O)(=O)OC)cc(N=Nc4cc(C)c(N=Nc5ccc(COC=O)cc5)cc4OC)c(N)c3c2O)cc1. The number of azo groups is 3. The molecule has 0 saturated heterocycles. The van der Waals surface area contributed by atoms with E-state index in [1.807, 2.05) is 0 Å². The van der Waals surface area contributed by atoms with Gasteiger partial charge in [-0.1, -0.05) is 12.1 Å². The van der Waals surface area contributed by atoms with E-state index in [0.29, 0.717) is 23.4 Å². The Hall–Kier alpha value is -6.68. The van der Waals surface area contributed by atoms with Crippen LogP contribution in [-0.4, -0.2) is 62.8 Å². The second-order valence-electron chi connectivity index (χ2n) is 11.6. The number of rotatable bonds is 15. The lowest BCUT2D eigenvalue weighted by Gasteiger charge is -2.16. The number of nitrogens with zero attached hydrogens (tertiary/aromatic N) is 6. The molecule has 21 heteroatoms. The maximum atomic E-state index is 13.3. The van der Waals surface area contributed by atoms with E-state index in [1.165, 1.54) is 38.5 Å². The standard InChI is InChI=1S/C36H33N7O12S2/c1-20-14-27(29(51-2)16-26(20)40-38-23-10-6-21(7-11-23)18-55-19-44)41-42-28-17-30(56(47,48)53-4)25-15-31(57(49,50)54-5)34(35(45)32(25)33(28)37)43-39-24-12-8-22(9-13-24)36(46)52-3/h6-17,19,45H,18,37H2,1-5H3. The van der Waals surface area contributed by atoms with Crippen LogP contribution >= 0.6 is 0 Å². The number of nitrogen functional groups attached to an aromatic ring is 1. The Morgan fingerprint density at radius 2 is 1.32 bits per heavy atom. The number of anilines is 1. The third kappa shape index (κ3) is 9.07. The highest BCUT2D eigenvalue weighted by Crippen LogP contribution is 2.49. The van der Waals surface area contributed by atoms with E-state index in [-0.39, 0.29) is 51.4 Å². The molecule has 5 aromatic rings. The molecule has 0 aliphatic heterocycles. The van der Waals surface area contributed by atoms with E-state index < -0.39 is 47.4 Å². The number of methoxy groups -OCH3 is 2. The highest BCUT2D eigenvalue weighted by atomic mass is 32.2. The van der Waals surface area contributed by atoms with Gasteiger partial charge in [-0.15, -0.1) is 15.3 Å². The third-order valence-electron chi connectivity index (χ3n) is 8.14. The van der Waals surface area contributed by atoms with Crippen molar-refractivity contribution in [3.63, 3.8) is 0 Å². The van der Waals surface area contributed by atoms with Crippen molar-refractivity contribution in [3.8, 4) is 11.5 Å². The monoisotopic (exact) mass is 819 g/mol. The minimum Gasteiger partial charge on any atom is -0.505 e. The summed E-state index contributed by atoms with van der Waals surface area (Å²) in [5.41, 5.74) is 8.03. The van der Waals surface area contributed by atoms with Gasteiger partial charge in [0, 0.05) is 11.5 Å². The number of fused-ring (bicyclic) bond motifs is 1. The molecule has 0 amide bonds. The first-order chi connectivity index (χ1) is 27.2. The molecular formula is C36H33N7O12S2. The van der Waals surface area contributed by atoms with Gasteiger partial charge in [-0.25, -0.2) is 4.79 Å². The number of esters is 1. The summed E-state index contributed by atoms with van der Waals surface area (Å²) in [6, 6.07) is 17.4. The zero-order chi connectivity index (χ0) is 41.5. The van der Waals surface area contributed by atoms with Gasteiger partial charge < -0.3 is 25.1 Å². The number of phenols is 1. The van der Waals surface area contributed by atoms with Gasteiger partial charge in [0.1, 0.15) is 39.2 Å². The maximum absolute atomic E-state index is 13.3. The van der Waals surface area contributed by atoms with Crippen LogP contribution in [0.25, 0.3) is 10.8 Å². The summed E-state index contributed by atoms with van der Waals surface area (Å²) in [5, 5.41) is 35.8.